The second-order valence-corrected chi connectivity index (χ2v) is 12.7. The molecule has 10 heteroatoms. The summed E-state index contributed by atoms with van der Waals surface area (Å²) in [6, 6.07) is 9.23. The molecule has 1 aromatic rings. The maximum Gasteiger partial charge on any atom is 0.499 e. The van der Waals surface area contributed by atoms with Crippen molar-refractivity contribution < 1.29 is 36.9 Å². The molecule has 0 saturated heterocycles. The molecular weight excluding hydrogens is 400 g/mol. The van der Waals surface area contributed by atoms with E-state index in [1.54, 1.807) is 37.3 Å². The third-order valence-electron chi connectivity index (χ3n) is 3.86. The molecule has 0 bridgehead atoms. The van der Waals surface area contributed by atoms with Crippen LogP contribution < -0.4 is 5.19 Å². The molecule has 0 fully saturated rings. The highest BCUT2D eigenvalue weighted by Crippen LogP contribution is 2.28. The minimum Gasteiger partial charge on any atom is -0.485 e. The molecule has 1 rings (SSSR count). The average molecular weight is 427 g/mol. The third kappa shape index (κ3) is 6.93. The van der Waals surface area contributed by atoms with Crippen LogP contribution in [0.3, 0.4) is 0 Å². The predicted molar refractivity (Wildman–Crippen MR) is 105 cm³/mol. The van der Waals surface area contributed by atoms with Crippen molar-refractivity contribution in [1.82, 2.24) is 0 Å². The van der Waals surface area contributed by atoms with Gasteiger partial charge >= 0.3 is 17.1 Å². The number of benzene rings is 1. The van der Waals surface area contributed by atoms with Gasteiger partial charge in [0.05, 0.1) is 0 Å². The topological polar surface area (TPSA) is 105 Å². The van der Waals surface area contributed by atoms with Crippen molar-refractivity contribution in [3.8, 4) is 0 Å². The van der Waals surface area contributed by atoms with Gasteiger partial charge in [-0.25, -0.2) is 0 Å². The lowest BCUT2D eigenvalue weighted by Crippen LogP contribution is -2.57. The summed E-state index contributed by atoms with van der Waals surface area (Å²) in [5.41, 5.74) is 0. The van der Waals surface area contributed by atoms with Crippen LogP contribution >= 0.6 is 0 Å². The van der Waals surface area contributed by atoms with Crippen molar-refractivity contribution in [2.24, 2.45) is 0 Å². The van der Waals surface area contributed by atoms with Gasteiger partial charge in [-0.1, -0.05) is 37.3 Å². The van der Waals surface area contributed by atoms with Crippen LogP contribution in [0.2, 0.25) is 18.1 Å². The van der Waals surface area contributed by atoms with Gasteiger partial charge in [-0.15, -0.1) is 0 Å². The molecule has 0 aromatic heterocycles. The fourth-order valence-electron chi connectivity index (χ4n) is 2.86. The normalized spacial score (nSPS) is 11.3. The summed E-state index contributed by atoms with van der Waals surface area (Å²) in [6.07, 6.45) is 0. The molecule has 0 radical (unpaired) electrons. The molecule has 0 aliphatic rings. The van der Waals surface area contributed by atoms with E-state index in [4.69, 9.17) is 17.7 Å². The Morgan fingerprint density at radius 2 is 1.14 bits per heavy atom. The van der Waals surface area contributed by atoms with Gasteiger partial charge in [-0.3, -0.25) is 19.2 Å². The van der Waals surface area contributed by atoms with E-state index in [0.29, 0.717) is 11.2 Å². The molecule has 0 heterocycles. The van der Waals surface area contributed by atoms with Crippen LogP contribution in [0, 0.1) is 0 Å². The van der Waals surface area contributed by atoms with Crippen molar-refractivity contribution in [3.05, 3.63) is 30.3 Å². The second kappa shape index (κ2) is 10.2. The van der Waals surface area contributed by atoms with E-state index in [0.717, 1.165) is 0 Å². The number of hydrogen-bond donors (Lipinski definition) is 0. The summed E-state index contributed by atoms with van der Waals surface area (Å²) < 4.78 is 22.0. The number of carbonyl (C=O) groups is 4. The van der Waals surface area contributed by atoms with Crippen LogP contribution in [-0.4, -0.2) is 41.0 Å². The molecule has 0 saturated carbocycles. The number of carbonyl (C=O) groups excluding carboxylic acids is 4. The minimum atomic E-state index is -3.57. The van der Waals surface area contributed by atoms with Gasteiger partial charge in [0.25, 0.3) is 23.9 Å². The van der Waals surface area contributed by atoms with E-state index < -0.39 is 41.0 Å². The maximum atomic E-state index is 11.8. The monoisotopic (exact) mass is 426 g/mol. The van der Waals surface area contributed by atoms with Crippen LogP contribution in [0.15, 0.2) is 30.3 Å². The van der Waals surface area contributed by atoms with E-state index in [1.807, 2.05) is 0 Å². The standard InChI is InChI=1S/C18H26O8Si2/c1-6-27(23-14(2)19,24-15(3)20)12-13-28(25-16(4)21,26-17(5)22)18-10-8-7-9-11-18/h7-11H,6,12-13H2,1-5H3. The SMILES string of the molecule is CC[Si](CC[Si](OC(C)=O)(OC(C)=O)c1ccccc1)(OC(C)=O)OC(C)=O. The minimum absolute atomic E-state index is 0.0940. The van der Waals surface area contributed by atoms with Crippen molar-refractivity contribution in [2.45, 2.75) is 52.8 Å². The van der Waals surface area contributed by atoms with Gasteiger partial charge in [0.1, 0.15) is 0 Å². The highest BCUT2D eigenvalue weighted by atomic mass is 28.4. The van der Waals surface area contributed by atoms with E-state index >= 15 is 0 Å². The highest BCUT2D eigenvalue weighted by molar-refractivity contribution is 6.85. The Morgan fingerprint density at radius 3 is 1.50 bits per heavy atom. The summed E-state index contributed by atoms with van der Waals surface area (Å²) >= 11 is 0. The lowest BCUT2D eigenvalue weighted by atomic mass is 10.4. The van der Waals surface area contributed by atoms with E-state index in [-0.39, 0.29) is 12.1 Å². The van der Waals surface area contributed by atoms with Crippen LogP contribution in [0.4, 0.5) is 0 Å². The van der Waals surface area contributed by atoms with Crippen molar-refractivity contribution in [2.75, 3.05) is 0 Å². The first-order valence-corrected chi connectivity index (χ1v) is 13.1. The molecule has 0 atom stereocenters. The summed E-state index contributed by atoms with van der Waals surface area (Å²) in [5, 5.41) is 0.574. The Morgan fingerprint density at radius 1 is 0.714 bits per heavy atom. The largest absolute Gasteiger partial charge is 0.499 e. The van der Waals surface area contributed by atoms with E-state index in [1.165, 1.54) is 27.7 Å². The first-order valence-electron chi connectivity index (χ1n) is 8.88. The van der Waals surface area contributed by atoms with Gasteiger partial charge in [0.15, 0.2) is 0 Å². The second-order valence-electron chi connectivity index (χ2n) is 6.26. The first kappa shape index (κ1) is 23.6. The molecule has 0 aliphatic heterocycles. The molecule has 8 nitrogen and oxygen atoms in total. The Labute approximate surface area is 166 Å². The van der Waals surface area contributed by atoms with Crippen LogP contribution in [-0.2, 0) is 36.9 Å². The zero-order valence-electron chi connectivity index (χ0n) is 16.8. The summed E-state index contributed by atoms with van der Waals surface area (Å²) in [7, 11) is -6.86. The van der Waals surface area contributed by atoms with Crippen molar-refractivity contribution in [1.29, 1.82) is 0 Å². The zero-order chi connectivity index (χ0) is 21.4. The fraction of sp³-hybridized carbons (Fsp3) is 0.444. The van der Waals surface area contributed by atoms with Crippen LogP contribution in [0.5, 0.6) is 0 Å². The van der Waals surface area contributed by atoms with Crippen LogP contribution in [0.25, 0.3) is 0 Å². The molecule has 0 unspecified atom stereocenters. The zero-order valence-corrected chi connectivity index (χ0v) is 18.8. The van der Waals surface area contributed by atoms with Gasteiger partial charge < -0.3 is 17.7 Å². The molecule has 154 valence electrons. The Kier molecular flexibility index (Phi) is 8.57. The van der Waals surface area contributed by atoms with Gasteiger partial charge in [-0.2, -0.15) is 0 Å². The smallest absolute Gasteiger partial charge is 0.485 e. The molecule has 0 spiro atoms. The van der Waals surface area contributed by atoms with E-state index in [9.17, 15) is 19.2 Å². The van der Waals surface area contributed by atoms with Gasteiger partial charge in [0.2, 0.25) is 0 Å². The van der Waals surface area contributed by atoms with Gasteiger partial charge in [0, 0.05) is 51.0 Å². The predicted octanol–water partition coefficient (Wildman–Crippen LogP) is 2.05. The summed E-state index contributed by atoms with van der Waals surface area (Å²) in [5.74, 6) is -2.33. The summed E-state index contributed by atoms with van der Waals surface area (Å²) in [6.45, 7) is 6.69. The molecule has 0 amide bonds. The van der Waals surface area contributed by atoms with Crippen LogP contribution in [0.1, 0.15) is 34.6 Å². The van der Waals surface area contributed by atoms with Crippen molar-refractivity contribution in [3.63, 3.8) is 0 Å². The van der Waals surface area contributed by atoms with Gasteiger partial charge in [-0.05, 0) is 0 Å². The summed E-state index contributed by atoms with van der Waals surface area (Å²) in [4.78, 5) is 46.9. The molecular formula is C18H26O8Si2. The highest BCUT2D eigenvalue weighted by Gasteiger charge is 2.52. The molecule has 0 N–H and O–H groups in total. The Balaban J connectivity index is 3.35. The number of hydrogen-bond acceptors (Lipinski definition) is 8. The third-order valence-corrected chi connectivity index (χ3v) is 11.1. The average Bonchev–Trinajstić information content (AvgIpc) is 2.58. The molecule has 28 heavy (non-hydrogen) atoms. The Bertz CT molecular complexity index is 688. The maximum absolute atomic E-state index is 11.8. The lowest BCUT2D eigenvalue weighted by molar-refractivity contribution is -0.141. The lowest BCUT2D eigenvalue weighted by Gasteiger charge is -2.33. The number of rotatable bonds is 9. The quantitative estimate of drug-likeness (QED) is 0.553. The first-order chi connectivity index (χ1) is 13.0. The fourth-order valence-corrected chi connectivity index (χ4v) is 10.0. The molecule has 0 aliphatic carbocycles. The van der Waals surface area contributed by atoms with Crippen molar-refractivity contribution >= 4 is 46.2 Å². The Hall–Kier alpha value is -2.47. The van der Waals surface area contributed by atoms with E-state index in [2.05, 4.69) is 0 Å². The molecule has 1 aromatic carbocycles.